The van der Waals surface area contributed by atoms with Gasteiger partial charge >= 0.3 is 0 Å². The average molecular weight is 362 g/mol. The van der Waals surface area contributed by atoms with Crippen molar-refractivity contribution in [1.29, 1.82) is 0 Å². The van der Waals surface area contributed by atoms with Crippen LogP contribution in [0, 0.1) is 0 Å². The molecule has 2 aromatic rings. The smallest absolute Gasteiger partial charge is 0.266 e. The quantitative estimate of drug-likeness (QED) is 0.730. The Morgan fingerprint density at radius 3 is 2.92 bits per heavy atom. The molecule has 0 aliphatic carbocycles. The Morgan fingerprint density at radius 2 is 2.20 bits per heavy atom. The SMILES string of the molecule is CN1CCC(NC(=O)c2ccc3c(c2)S(=O)(=O)Nc2ncnn2-3)C1=O. The third kappa shape index (κ3) is 2.43. The van der Waals surface area contributed by atoms with Crippen molar-refractivity contribution < 1.29 is 18.0 Å². The van der Waals surface area contributed by atoms with Gasteiger partial charge in [0.25, 0.3) is 15.9 Å². The molecule has 2 N–H and O–H groups in total. The molecule has 11 heteroatoms. The average Bonchev–Trinajstić information content (AvgIpc) is 3.15. The number of anilines is 1. The van der Waals surface area contributed by atoms with Crippen LogP contribution in [-0.4, -0.2) is 59.5 Å². The first-order valence-corrected chi connectivity index (χ1v) is 8.98. The number of rotatable bonds is 2. The fraction of sp³-hybridized carbons (Fsp3) is 0.286. The molecule has 0 bridgehead atoms. The Balaban J connectivity index is 1.68. The number of aromatic nitrogens is 3. The lowest BCUT2D eigenvalue weighted by atomic mass is 10.1. The molecule has 10 nitrogen and oxygen atoms in total. The van der Waals surface area contributed by atoms with E-state index in [1.165, 1.54) is 29.2 Å². The van der Waals surface area contributed by atoms with Gasteiger partial charge < -0.3 is 10.2 Å². The molecular weight excluding hydrogens is 348 g/mol. The molecular formula is C14H14N6O4S. The number of amides is 2. The Bertz CT molecular complexity index is 999. The van der Waals surface area contributed by atoms with E-state index in [1.54, 1.807) is 11.9 Å². The maximum Gasteiger partial charge on any atom is 0.266 e. The number of likely N-dealkylation sites (tertiary alicyclic amines) is 1. The number of benzene rings is 1. The highest BCUT2D eigenvalue weighted by Gasteiger charge is 2.32. The van der Waals surface area contributed by atoms with E-state index in [0.29, 0.717) is 18.7 Å². The van der Waals surface area contributed by atoms with E-state index in [4.69, 9.17) is 0 Å². The van der Waals surface area contributed by atoms with Crippen molar-refractivity contribution in [3.8, 4) is 5.69 Å². The van der Waals surface area contributed by atoms with Crippen LogP contribution >= 0.6 is 0 Å². The third-order valence-electron chi connectivity index (χ3n) is 4.25. The molecule has 1 unspecified atom stereocenters. The monoisotopic (exact) mass is 362 g/mol. The molecule has 1 atom stereocenters. The minimum Gasteiger partial charge on any atom is -0.344 e. The first-order valence-electron chi connectivity index (χ1n) is 7.50. The highest BCUT2D eigenvalue weighted by Crippen LogP contribution is 2.29. The van der Waals surface area contributed by atoms with Gasteiger partial charge in [-0.3, -0.25) is 9.59 Å². The summed E-state index contributed by atoms with van der Waals surface area (Å²) in [5.74, 6) is -0.576. The van der Waals surface area contributed by atoms with Crippen molar-refractivity contribution >= 4 is 27.8 Å². The topological polar surface area (TPSA) is 126 Å². The van der Waals surface area contributed by atoms with E-state index in [9.17, 15) is 18.0 Å². The molecule has 25 heavy (non-hydrogen) atoms. The van der Waals surface area contributed by atoms with Crippen LogP contribution in [0.5, 0.6) is 0 Å². The second-order valence-electron chi connectivity index (χ2n) is 5.86. The minimum absolute atomic E-state index is 0.0759. The first kappa shape index (κ1) is 15.6. The fourth-order valence-corrected chi connectivity index (χ4v) is 4.11. The molecule has 1 fully saturated rings. The van der Waals surface area contributed by atoms with Crippen molar-refractivity contribution in [2.45, 2.75) is 17.4 Å². The molecule has 1 saturated heterocycles. The summed E-state index contributed by atoms with van der Waals surface area (Å²) in [6, 6.07) is 3.65. The van der Waals surface area contributed by atoms with Gasteiger partial charge in [0.2, 0.25) is 11.9 Å². The van der Waals surface area contributed by atoms with E-state index < -0.39 is 22.0 Å². The van der Waals surface area contributed by atoms with Gasteiger partial charge in [0, 0.05) is 19.2 Å². The number of hydrogen-bond donors (Lipinski definition) is 2. The van der Waals surface area contributed by atoms with Gasteiger partial charge in [-0.25, -0.2) is 13.1 Å². The lowest BCUT2D eigenvalue weighted by molar-refractivity contribution is -0.128. The van der Waals surface area contributed by atoms with E-state index in [2.05, 4.69) is 20.1 Å². The van der Waals surface area contributed by atoms with Crippen LogP contribution in [0.2, 0.25) is 0 Å². The van der Waals surface area contributed by atoms with Crippen LogP contribution in [0.15, 0.2) is 29.4 Å². The second kappa shape index (κ2) is 5.28. The minimum atomic E-state index is -3.86. The van der Waals surface area contributed by atoms with Gasteiger partial charge in [-0.2, -0.15) is 14.8 Å². The lowest BCUT2D eigenvalue weighted by Crippen LogP contribution is -2.40. The summed E-state index contributed by atoms with van der Waals surface area (Å²) in [6.07, 6.45) is 1.75. The van der Waals surface area contributed by atoms with Crippen LogP contribution in [0.4, 0.5) is 5.95 Å². The molecule has 0 saturated carbocycles. The number of nitrogens with one attached hydrogen (secondary N) is 2. The van der Waals surface area contributed by atoms with Crippen molar-refractivity contribution in [3.05, 3.63) is 30.1 Å². The largest absolute Gasteiger partial charge is 0.344 e. The van der Waals surface area contributed by atoms with Crippen LogP contribution in [0.3, 0.4) is 0 Å². The van der Waals surface area contributed by atoms with Crippen molar-refractivity contribution in [2.24, 2.45) is 0 Å². The summed E-state index contributed by atoms with van der Waals surface area (Å²) in [7, 11) is -2.19. The molecule has 2 aliphatic heterocycles. The second-order valence-corrected chi connectivity index (χ2v) is 7.51. The predicted molar refractivity (Wildman–Crippen MR) is 85.7 cm³/mol. The van der Waals surface area contributed by atoms with Gasteiger partial charge in [-0.15, -0.1) is 0 Å². The fourth-order valence-electron chi connectivity index (χ4n) is 2.91. The summed E-state index contributed by atoms with van der Waals surface area (Å²) in [5, 5.41) is 6.61. The van der Waals surface area contributed by atoms with Crippen LogP contribution in [0.25, 0.3) is 5.69 Å². The molecule has 2 aliphatic rings. The maximum absolute atomic E-state index is 12.4. The number of carbonyl (C=O) groups excluding carboxylic acids is 2. The Hall–Kier alpha value is -2.95. The molecule has 0 radical (unpaired) electrons. The van der Waals surface area contributed by atoms with Gasteiger partial charge in [0.05, 0.1) is 5.69 Å². The molecule has 4 rings (SSSR count). The molecule has 0 spiro atoms. The van der Waals surface area contributed by atoms with Gasteiger partial charge in [-0.05, 0) is 24.6 Å². The Labute approximate surface area is 142 Å². The Kier molecular flexibility index (Phi) is 3.29. The normalized spacial score (nSPS) is 20.6. The van der Waals surface area contributed by atoms with Gasteiger partial charge in [0.1, 0.15) is 17.3 Å². The van der Waals surface area contributed by atoms with Gasteiger partial charge in [0.15, 0.2) is 0 Å². The number of carbonyl (C=O) groups is 2. The van der Waals surface area contributed by atoms with Gasteiger partial charge in [-0.1, -0.05) is 0 Å². The number of likely N-dealkylation sites (N-methyl/N-ethyl adjacent to an activating group) is 1. The van der Waals surface area contributed by atoms with Crippen LogP contribution in [0.1, 0.15) is 16.8 Å². The van der Waals surface area contributed by atoms with E-state index >= 15 is 0 Å². The zero-order chi connectivity index (χ0) is 17.8. The highest BCUT2D eigenvalue weighted by molar-refractivity contribution is 7.93. The number of fused-ring (bicyclic) bond motifs is 3. The number of sulfonamides is 1. The zero-order valence-corrected chi connectivity index (χ0v) is 13.9. The summed E-state index contributed by atoms with van der Waals surface area (Å²) >= 11 is 0. The lowest BCUT2D eigenvalue weighted by Gasteiger charge is -2.19. The summed E-state index contributed by atoms with van der Waals surface area (Å²) in [6.45, 7) is 0.571. The third-order valence-corrected chi connectivity index (χ3v) is 5.60. The van der Waals surface area contributed by atoms with Crippen molar-refractivity contribution in [3.63, 3.8) is 0 Å². The molecule has 1 aromatic carbocycles. The molecule has 2 amide bonds. The van der Waals surface area contributed by atoms with E-state index in [1.807, 2.05) is 0 Å². The molecule has 3 heterocycles. The summed E-state index contributed by atoms with van der Waals surface area (Å²) in [4.78, 5) is 29.6. The molecule has 1 aromatic heterocycles. The van der Waals surface area contributed by atoms with Crippen molar-refractivity contribution in [1.82, 2.24) is 25.0 Å². The number of hydrogen-bond acceptors (Lipinski definition) is 6. The van der Waals surface area contributed by atoms with E-state index in [-0.39, 0.29) is 22.3 Å². The Morgan fingerprint density at radius 1 is 1.40 bits per heavy atom. The van der Waals surface area contributed by atoms with Crippen LogP contribution < -0.4 is 10.0 Å². The van der Waals surface area contributed by atoms with Crippen molar-refractivity contribution in [2.75, 3.05) is 18.3 Å². The first-order chi connectivity index (χ1) is 11.9. The molecule has 130 valence electrons. The highest BCUT2D eigenvalue weighted by atomic mass is 32.2. The van der Waals surface area contributed by atoms with E-state index in [0.717, 1.165) is 0 Å². The number of nitrogens with zero attached hydrogens (tertiary/aromatic N) is 4. The predicted octanol–water partition coefficient (Wildman–Crippen LogP) is -0.658. The zero-order valence-electron chi connectivity index (χ0n) is 13.1. The maximum atomic E-state index is 12.4. The summed E-state index contributed by atoms with van der Waals surface area (Å²) in [5.41, 5.74) is 0.453. The standard InChI is InChI=1S/C14H14N6O4S/c1-19-5-4-9(13(19)22)17-12(21)8-2-3-10-11(6-8)25(23,24)18-14-15-7-16-20(10)14/h2-3,6-7,9H,4-5H2,1H3,(H,17,21)(H,15,16,18). The van der Waals surface area contributed by atoms with Crippen LogP contribution in [-0.2, 0) is 14.8 Å². The summed E-state index contributed by atoms with van der Waals surface area (Å²) < 4.78 is 28.4.